The van der Waals surface area contributed by atoms with E-state index in [1.807, 2.05) is 121 Å². The molecule has 7 rings (SSSR count). The fraction of sp³-hybridized carbons (Fsp3) is 0.216. The van der Waals surface area contributed by atoms with Crippen LogP contribution in [0.5, 0.6) is 0 Å². The van der Waals surface area contributed by atoms with Crippen LogP contribution in [0.25, 0.3) is 11.2 Å². The van der Waals surface area contributed by atoms with Crippen molar-refractivity contribution < 1.29 is 24.7 Å². The second-order valence-corrected chi connectivity index (χ2v) is 11.4. The van der Waals surface area contributed by atoms with E-state index < -0.39 is 29.5 Å². The maximum absolute atomic E-state index is 12.6. The predicted molar refractivity (Wildman–Crippen MR) is 176 cm³/mol. The normalized spacial score (nSPS) is 21.2. The third kappa shape index (κ3) is 5.07. The molecular formula is C37H35N5O5. The monoisotopic (exact) mass is 629 g/mol. The van der Waals surface area contributed by atoms with Crippen molar-refractivity contribution in [2.75, 3.05) is 19.0 Å². The Morgan fingerprint density at radius 1 is 0.787 bits per heavy atom. The van der Waals surface area contributed by atoms with E-state index in [0.29, 0.717) is 23.5 Å². The topological polar surface area (TPSA) is 124 Å². The summed E-state index contributed by atoms with van der Waals surface area (Å²) in [6.07, 6.45) is -0.820. The van der Waals surface area contributed by atoms with Gasteiger partial charge in [0.1, 0.15) is 31.2 Å². The lowest BCUT2D eigenvalue weighted by Crippen LogP contribution is -2.61. The molecule has 6 aromatic rings. The molecule has 4 aromatic carbocycles. The van der Waals surface area contributed by atoms with Crippen LogP contribution in [0.2, 0.25) is 0 Å². The summed E-state index contributed by atoms with van der Waals surface area (Å²) in [6.45, 7) is 0.373. The molecule has 10 heteroatoms. The van der Waals surface area contributed by atoms with Crippen LogP contribution in [0.4, 0.5) is 5.82 Å². The Bertz CT molecular complexity index is 1810. The molecule has 47 heavy (non-hydrogen) atoms. The molecule has 1 aliphatic rings. The summed E-state index contributed by atoms with van der Waals surface area (Å²) in [5, 5.41) is 27.7. The summed E-state index contributed by atoms with van der Waals surface area (Å²) in [7, 11) is 1.39. The van der Waals surface area contributed by atoms with E-state index in [9.17, 15) is 10.2 Å². The second kappa shape index (κ2) is 13.0. The molecule has 3 heterocycles. The van der Waals surface area contributed by atoms with Crippen LogP contribution in [0.3, 0.4) is 0 Å². The highest BCUT2D eigenvalue weighted by atomic mass is 17.2. The van der Waals surface area contributed by atoms with Crippen molar-refractivity contribution in [1.82, 2.24) is 19.5 Å². The van der Waals surface area contributed by atoms with Crippen molar-refractivity contribution >= 4 is 17.0 Å². The number of anilines is 1. The molecule has 0 saturated carbocycles. The fourth-order valence-electron chi connectivity index (χ4n) is 6.94. The number of nitrogens with zero attached hydrogens (tertiary/aromatic N) is 4. The standard InChI is InChI=1S/C37H35N5O5/c1-45-46-23-30-32(43)33(44)37(47-30,42-25-41-31-34(39-24-40-35(31)42)38-22-26-14-6-2-7-15-26)36(27-16-8-3-9-17-27,28-18-10-4-11-19-28)29-20-12-5-13-21-29/h2-21,24-25,30,32-33,43-44H,22-23H2,1H3,(H,38,39,40)/t30-,32-,33-,37+/m1/s1. The Hall–Kier alpha value is -4.97. The van der Waals surface area contributed by atoms with Gasteiger partial charge < -0.3 is 20.3 Å². The van der Waals surface area contributed by atoms with E-state index in [1.54, 1.807) is 10.9 Å². The third-order valence-electron chi connectivity index (χ3n) is 8.94. The SMILES string of the molecule is COOC[C@H]1O[C@](n2cnc3c(NCc4ccccc4)ncnc32)(C(c2ccccc2)(c2ccccc2)c2ccccc2)[C@H](O)[C@@H]1O. The number of hydrogen-bond acceptors (Lipinski definition) is 9. The highest BCUT2D eigenvalue weighted by molar-refractivity contribution is 5.83. The lowest BCUT2D eigenvalue weighted by atomic mass is 9.60. The van der Waals surface area contributed by atoms with Crippen molar-refractivity contribution in [2.45, 2.75) is 36.0 Å². The molecular weight excluding hydrogens is 594 g/mol. The predicted octanol–water partition coefficient (Wildman–Crippen LogP) is 4.82. The van der Waals surface area contributed by atoms with Crippen molar-refractivity contribution in [3.63, 3.8) is 0 Å². The number of fused-ring (bicyclic) bond motifs is 1. The fourth-order valence-corrected chi connectivity index (χ4v) is 6.94. The highest BCUT2D eigenvalue weighted by Crippen LogP contribution is 2.57. The van der Waals surface area contributed by atoms with Gasteiger partial charge in [-0.2, -0.15) is 0 Å². The van der Waals surface area contributed by atoms with Gasteiger partial charge in [-0.15, -0.1) is 0 Å². The highest BCUT2D eigenvalue weighted by Gasteiger charge is 2.68. The first-order chi connectivity index (χ1) is 23.1. The number of nitrogens with one attached hydrogen (secondary N) is 1. The number of hydrogen-bond donors (Lipinski definition) is 3. The van der Waals surface area contributed by atoms with E-state index in [-0.39, 0.29) is 6.61 Å². The lowest BCUT2D eigenvalue weighted by Gasteiger charge is -2.51. The van der Waals surface area contributed by atoms with Gasteiger partial charge >= 0.3 is 0 Å². The van der Waals surface area contributed by atoms with Crippen LogP contribution in [-0.2, 0) is 32.2 Å². The summed E-state index contributed by atoms with van der Waals surface area (Å²) in [4.78, 5) is 24.3. The van der Waals surface area contributed by atoms with E-state index in [0.717, 1.165) is 22.3 Å². The first-order valence-electron chi connectivity index (χ1n) is 15.4. The van der Waals surface area contributed by atoms with E-state index in [2.05, 4.69) is 10.3 Å². The van der Waals surface area contributed by atoms with Crippen LogP contribution in [0.1, 0.15) is 22.3 Å². The van der Waals surface area contributed by atoms with E-state index in [4.69, 9.17) is 24.5 Å². The van der Waals surface area contributed by atoms with Gasteiger partial charge in [-0.1, -0.05) is 121 Å². The minimum atomic E-state index is -1.77. The van der Waals surface area contributed by atoms with Crippen LogP contribution in [0, 0.1) is 0 Å². The van der Waals surface area contributed by atoms with Gasteiger partial charge in [0.15, 0.2) is 22.7 Å². The first-order valence-corrected chi connectivity index (χ1v) is 15.4. The van der Waals surface area contributed by atoms with Gasteiger partial charge in [-0.3, -0.25) is 4.57 Å². The number of aliphatic hydroxyl groups excluding tert-OH is 2. The summed E-state index contributed by atoms with van der Waals surface area (Å²) in [5.41, 5.74) is 1.37. The molecule has 0 radical (unpaired) electrons. The average molecular weight is 630 g/mol. The molecule has 0 unspecified atom stereocenters. The molecule has 2 aromatic heterocycles. The lowest BCUT2D eigenvalue weighted by molar-refractivity contribution is -0.295. The van der Waals surface area contributed by atoms with Gasteiger partial charge in [0.2, 0.25) is 0 Å². The summed E-state index contributed by atoms with van der Waals surface area (Å²) < 4.78 is 8.80. The van der Waals surface area contributed by atoms with Crippen LogP contribution in [0.15, 0.2) is 134 Å². The van der Waals surface area contributed by atoms with Gasteiger partial charge in [-0.05, 0) is 22.3 Å². The molecule has 0 amide bonds. The van der Waals surface area contributed by atoms with Crippen molar-refractivity contribution in [3.8, 4) is 0 Å². The molecule has 0 aliphatic carbocycles. The Kier molecular flexibility index (Phi) is 8.50. The van der Waals surface area contributed by atoms with Crippen LogP contribution in [-0.4, -0.2) is 61.8 Å². The molecule has 10 nitrogen and oxygen atoms in total. The smallest absolute Gasteiger partial charge is 0.194 e. The Morgan fingerprint density at radius 3 is 1.89 bits per heavy atom. The molecule has 0 bridgehead atoms. The minimum absolute atomic E-state index is 0.142. The number of rotatable bonds is 11. The minimum Gasteiger partial charge on any atom is -0.387 e. The molecule has 3 N–H and O–H groups in total. The van der Waals surface area contributed by atoms with Gasteiger partial charge in [0, 0.05) is 6.54 Å². The number of aliphatic hydroxyl groups is 2. The molecule has 1 aliphatic heterocycles. The van der Waals surface area contributed by atoms with Crippen molar-refractivity contribution in [2.24, 2.45) is 0 Å². The first kappa shape index (κ1) is 30.7. The van der Waals surface area contributed by atoms with E-state index >= 15 is 0 Å². The zero-order valence-corrected chi connectivity index (χ0v) is 25.8. The molecule has 0 spiro atoms. The maximum Gasteiger partial charge on any atom is 0.194 e. The molecule has 4 atom stereocenters. The molecule has 238 valence electrons. The Labute approximate surface area is 272 Å². The number of ether oxygens (including phenoxy) is 1. The Morgan fingerprint density at radius 2 is 1.34 bits per heavy atom. The van der Waals surface area contributed by atoms with Crippen LogP contribution >= 0.6 is 0 Å². The molecule has 1 fully saturated rings. The average Bonchev–Trinajstić information content (AvgIpc) is 3.68. The zero-order chi connectivity index (χ0) is 32.3. The van der Waals surface area contributed by atoms with Gasteiger partial charge in [0.25, 0.3) is 0 Å². The summed E-state index contributed by atoms with van der Waals surface area (Å²) in [6, 6.07) is 39.5. The number of aromatic nitrogens is 4. The van der Waals surface area contributed by atoms with Crippen molar-refractivity contribution in [3.05, 3.63) is 156 Å². The molecule has 1 saturated heterocycles. The zero-order valence-electron chi connectivity index (χ0n) is 25.8. The summed E-state index contributed by atoms with van der Waals surface area (Å²) in [5.74, 6) is 0.518. The Balaban J connectivity index is 1.53. The van der Waals surface area contributed by atoms with E-state index in [1.165, 1.54) is 13.4 Å². The van der Waals surface area contributed by atoms with Gasteiger partial charge in [0.05, 0.1) is 18.9 Å². The summed E-state index contributed by atoms with van der Waals surface area (Å²) >= 11 is 0. The number of benzene rings is 4. The second-order valence-electron chi connectivity index (χ2n) is 11.4. The van der Waals surface area contributed by atoms with Gasteiger partial charge in [-0.25, -0.2) is 24.7 Å². The third-order valence-corrected chi connectivity index (χ3v) is 8.94. The number of imidazole rings is 1. The van der Waals surface area contributed by atoms with Crippen LogP contribution < -0.4 is 5.32 Å². The quantitative estimate of drug-likeness (QED) is 0.105. The largest absolute Gasteiger partial charge is 0.387 e. The van der Waals surface area contributed by atoms with Crippen molar-refractivity contribution in [1.29, 1.82) is 0 Å². The maximum atomic E-state index is 12.6.